The van der Waals surface area contributed by atoms with Crippen LogP contribution in [0.2, 0.25) is 0 Å². The third kappa shape index (κ3) is 3.93. The van der Waals surface area contributed by atoms with Crippen molar-refractivity contribution in [3.05, 3.63) is 63.6 Å². The summed E-state index contributed by atoms with van der Waals surface area (Å²) < 4.78 is 0.811. The fourth-order valence-electron chi connectivity index (χ4n) is 1.87. The lowest BCUT2D eigenvalue weighted by Gasteiger charge is -2.08. The highest BCUT2D eigenvalue weighted by atomic mass is 79.9. The second-order valence-corrected chi connectivity index (χ2v) is 6.22. The number of hydrogen-bond donors (Lipinski definition) is 1. The lowest BCUT2D eigenvalue weighted by atomic mass is 10.1. The van der Waals surface area contributed by atoms with Crippen molar-refractivity contribution in [3.8, 4) is 0 Å². The number of halogens is 2. The van der Waals surface area contributed by atoms with E-state index in [0.717, 1.165) is 27.5 Å². The minimum atomic E-state index is -0.106. The average Bonchev–Trinajstić information content (AvgIpc) is 2.41. The van der Waals surface area contributed by atoms with Crippen molar-refractivity contribution < 1.29 is 4.79 Å². The first-order chi connectivity index (χ1) is 9.60. The Hall–Kier alpha value is -1.13. The van der Waals surface area contributed by atoms with E-state index in [1.807, 2.05) is 49.4 Å². The first kappa shape index (κ1) is 15.3. The summed E-state index contributed by atoms with van der Waals surface area (Å²) >= 11 is 6.84. The summed E-state index contributed by atoms with van der Waals surface area (Å²) in [5.74, 6) is -0.106. The number of alkyl halides is 1. The van der Waals surface area contributed by atoms with Crippen LogP contribution in [0.25, 0.3) is 0 Å². The highest BCUT2D eigenvalue weighted by Gasteiger charge is 2.10. The molecule has 0 unspecified atom stereocenters. The standard InChI is InChI=1S/C16H15Br2NO/c1-11-2-7-14(15(18)10-11)16(20)19-13-5-3-12(4-6-13)8-9-17/h2-7,10H,8-9H2,1H3,(H,19,20). The van der Waals surface area contributed by atoms with E-state index in [1.54, 1.807) is 0 Å². The molecular weight excluding hydrogens is 382 g/mol. The number of nitrogens with one attached hydrogen (secondary N) is 1. The van der Waals surface area contributed by atoms with Gasteiger partial charge in [0.25, 0.3) is 5.91 Å². The van der Waals surface area contributed by atoms with Crippen molar-refractivity contribution >= 4 is 43.5 Å². The SMILES string of the molecule is Cc1ccc(C(=O)Nc2ccc(CCBr)cc2)c(Br)c1. The molecule has 0 saturated carbocycles. The number of carbonyl (C=O) groups excluding carboxylic acids is 1. The lowest BCUT2D eigenvalue weighted by Crippen LogP contribution is -2.12. The van der Waals surface area contributed by atoms with Crippen LogP contribution in [0.15, 0.2) is 46.9 Å². The molecular formula is C16H15Br2NO. The molecule has 0 bridgehead atoms. The molecule has 0 radical (unpaired) electrons. The Morgan fingerprint density at radius 2 is 1.85 bits per heavy atom. The third-order valence-electron chi connectivity index (χ3n) is 2.96. The van der Waals surface area contributed by atoms with E-state index >= 15 is 0 Å². The van der Waals surface area contributed by atoms with Gasteiger partial charge < -0.3 is 5.32 Å². The minimum absolute atomic E-state index is 0.106. The van der Waals surface area contributed by atoms with E-state index in [1.165, 1.54) is 5.56 Å². The van der Waals surface area contributed by atoms with Crippen molar-refractivity contribution in [2.45, 2.75) is 13.3 Å². The summed E-state index contributed by atoms with van der Waals surface area (Å²) in [4.78, 5) is 12.2. The fraction of sp³-hybridized carbons (Fsp3) is 0.188. The van der Waals surface area contributed by atoms with E-state index < -0.39 is 0 Å². The number of aryl methyl sites for hydroxylation is 2. The van der Waals surface area contributed by atoms with Crippen LogP contribution in [-0.2, 0) is 6.42 Å². The van der Waals surface area contributed by atoms with Crippen molar-refractivity contribution in [2.24, 2.45) is 0 Å². The third-order valence-corrected chi connectivity index (χ3v) is 4.02. The summed E-state index contributed by atoms with van der Waals surface area (Å²) in [5, 5.41) is 3.85. The van der Waals surface area contributed by atoms with Gasteiger partial charge >= 0.3 is 0 Å². The molecule has 0 aromatic heterocycles. The quantitative estimate of drug-likeness (QED) is 0.728. The molecule has 0 heterocycles. The van der Waals surface area contributed by atoms with Gasteiger partial charge in [-0.05, 0) is 64.7 Å². The molecule has 1 amide bonds. The number of amides is 1. The van der Waals surface area contributed by atoms with Gasteiger partial charge in [-0.25, -0.2) is 0 Å². The first-order valence-corrected chi connectivity index (χ1v) is 8.24. The zero-order valence-corrected chi connectivity index (χ0v) is 14.3. The Labute approximate surface area is 135 Å². The number of benzene rings is 2. The van der Waals surface area contributed by atoms with E-state index in [0.29, 0.717) is 5.56 Å². The zero-order valence-electron chi connectivity index (χ0n) is 11.1. The predicted octanol–water partition coefficient (Wildman–Crippen LogP) is 4.95. The van der Waals surface area contributed by atoms with Crippen LogP contribution in [0.4, 0.5) is 5.69 Å². The monoisotopic (exact) mass is 395 g/mol. The zero-order chi connectivity index (χ0) is 14.5. The molecule has 0 aliphatic heterocycles. The Balaban J connectivity index is 2.11. The Kier molecular flexibility index (Phi) is 5.38. The molecule has 2 aromatic rings. The van der Waals surface area contributed by atoms with Gasteiger partial charge in [-0.2, -0.15) is 0 Å². The largest absolute Gasteiger partial charge is 0.322 e. The highest BCUT2D eigenvalue weighted by Crippen LogP contribution is 2.20. The number of anilines is 1. The summed E-state index contributed by atoms with van der Waals surface area (Å²) in [7, 11) is 0. The average molecular weight is 397 g/mol. The molecule has 0 atom stereocenters. The Morgan fingerprint density at radius 1 is 1.15 bits per heavy atom. The summed E-state index contributed by atoms with van der Waals surface area (Å²) in [6, 6.07) is 13.6. The van der Waals surface area contributed by atoms with Crippen molar-refractivity contribution in [1.82, 2.24) is 0 Å². The minimum Gasteiger partial charge on any atom is -0.322 e. The number of carbonyl (C=O) groups is 1. The summed E-state index contributed by atoms with van der Waals surface area (Å²) in [6.45, 7) is 2.00. The molecule has 0 fully saturated rings. The Bertz CT molecular complexity index is 608. The van der Waals surface area contributed by atoms with Crippen molar-refractivity contribution in [1.29, 1.82) is 0 Å². The molecule has 1 N–H and O–H groups in total. The molecule has 2 rings (SSSR count). The number of hydrogen-bond acceptors (Lipinski definition) is 1. The Morgan fingerprint density at radius 3 is 2.45 bits per heavy atom. The van der Waals surface area contributed by atoms with Gasteiger partial charge in [0.05, 0.1) is 5.56 Å². The van der Waals surface area contributed by atoms with Gasteiger partial charge in [-0.3, -0.25) is 4.79 Å². The van der Waals surface area contributed by atoms with Gasteiger partial charge in [0, 0.05) is 15.5 Å². The molecule has 0 aliphatic rings. The normalized spacial score (nSPS) is 10.3. The predicted molar refractivity (Wildman–Crippen MR) is 90.8 cm³/mol. The van der Waals surface area contributed by atoms with Crippen LogP contribution in [0.3, 0.4) is 0 Å². The molecule has 2 aromatic carbocycles. The molecule has 0 spiro atoms. The lowest BCUT2D eigenvalue weighted by molar-refractivity contribution is 0.102. The van der Waals surface area contributed by atoms with Crippen molar-refractivity contribution in [3.63, 3.8) is 0 Å². The molecule has 2 nitrogen and oxygen atoms in total. The van der Waals surface area contributed by atoms with Crippen LogP contribution in [0, 0.1) is 6.92 Å². The van der Waals surface area contributed by atoms with Crippen LogP contribution in [-0.4, -0.2) is 11.2 Å². The fourth-order valence-corrected chi connectivity index (χ4v) is 3.00. The van der Waals surface area contributed by atoms with Crippen molar-refractivity contribution in [2.75, 3.05) is 10.6 Å². The van der Waals surface area contributed by atoms with Crippen LogP contribution in [0.1, 0.15) is 21.5 Å². The van der Waals surface area contributed by atoms with Gasteiger partial charge in [0.1, 0.15) is 0 Å². The van der Waals surface area contributed by atoms with Crippen LogP contribution >= 0.6 is 31.9 Å². The summed E-state index contributed by atoms with van der Waals surface area (Å²) in [5.41, 5.74) is 3.81. The topological polar surface area (TPSA) is 29.1 Å². The maximum Gasteiger partial charge on any atom is 0.256 e. The van der Waals surface area contributed by atoms with Gasteiger partial charge in [0.2, 0.25) is 0 Å². The molecule has 4 heteroatoms. The van der Waals surface area contributed by atoms with Crippen LogP contribution < -0.4 is 5.32 Å². The van der Waals surface area contributed by atoms with Gasteiger partial charge in [-0.1, -0.05) is 34.1 Å². The number of rotatable bonds is 4. The van der Waals surface area contributed by atoms with E-state index in [4.69, 9.17) is 0 Å². The molecule has 20 heavy (non-hydrogen) atoms. The maximum absolute atomic E-state index is 12.2. The second-order valence-electron chi connectivity index (χ2n) is 4.57. The first-order valence-electron chi connectivity index (χ1n) is 6.32. The van der Waals surface area contributed by atoms with Gasteiger partial charge in [0.15, 0.2) is 0 Å². The molecule has 0 aliphatic carbocycles. The maximum atomic E-state index is 12.2. The smallest absolute Gasteiger partial charge is 0.256 e. The van der Waals surface area contributed by atoms with Crippen LogP contribution in [0.5, 0.6) is 0 Å². The van der Waals surface area contributed by atoms with E-state index in [2.05, 4.69) is 37.2 Å². The molecule has 0 saturated heterocycles. The summed E-state index contributed by atoms with van der Waals surface area (Å²) in [6.07, 6.45) is 0.984. The van der Waals surface area contributed by atoms with Gasteiger partial charge in [-0.15, -0.1) is 0 Å². The van der Waals surface area contributed by atoms with E-state index in [9.17, 15) is 4.79 Å². The van der Waals surface area contributed by atoms with E-state index in [-0.39, 0.29) is 5.91 Å². The second kappa shape index (κ2) is 7.04. The highest BCUT2D eigenvalue weighted by molar-refractivity contribution is 9.10. The molecule has 104 valence electrons.